The minimum atomic E-state index is -1.36. The number of hydrogen-bond acceptors (Lipinski definition) is 4. The first-order valence-corrected chi connectivity index (χ1v) is 7.27. The average molecular weight is 333 g/mol. The topological polar surface area (TPSA) is 38.2 Å². The molecule has 0 saturated heterocycles. The summed E-state index contributed by atoms with van der Waals surface area (Å²) in [6.45, 7) is 2.02. The summed E-state index contributed by atoms with van der Waals surface area (Å²) >= 11 is 0. The maximum atomic E-state index is 14.5. The number of rotatable bonds is 4. The lowest BCUT2D eigenvalue weighted by Crippen LogP contribution is -2.20. The maximum Gasteiger partial charge on any atom is 0.203 e. The minimum Gasteiger partial charge on any atom is -0.491 e. The lowest BCUT2D eigenvalue weighted by atomic mass is 10.2. The third-order valence-electron chi connectivity index (χ3n) is 3.62. The van der Waals surface area contributed by atoms with Crippen molar-refractivity contribution in [2.24, 2.45) is 0 Å². The Balaban J connectivity index is 2.16. The molecule has 1 heterocycles. The van der Waals surface area contributed by atoms with Crippen LogP contribution in [0.3, 0.4) is 0 Å². The van der Waals surface area contributed by atoms with Gasteiger partial charge in [0, 0.05) is 12.6 Å². The highest BCUT2D eigenvalue weighted by Gasteiger charge is 2.24. The number of benzene rings is 2. The Labute approximate surface area is 136 Å². The van der Waals surface area contributed by atoms with Gasteiger partial charge in [-0.05, 0) is 19.1 Å². The summed E-state index contributed by atoms with van der Waals surface area (Å²) in [6, 6.07) is 7.98. The number of methoxy groups -OCH3 is 1. The lowest BCUT2D eigenvalue weighted by molar-refractivity contribution is 0.347. The molecule has 0 aliphatic heterocycles. The molecule has 0 saturated carbocycles. The SMILES string of the molecule is CCN(c1cnc2ccccc2n1)c1cc(F)c(F)c(OC)c1F. The standard InChI is InChI=1S/C17H14F3N3O/c1-3-23(13-8-10(18)15(19)17(24-2)16(13)20)14-9-21-11-6-4-5-7-12(11)22-14/h4-9H,3H2,1-2H3. The molecule has 24 heavy (non-hydrogen) atoms. The maximum absolute atomic E-state index is 14.5. The highest BCUT2D eigenvalue weighted by atomic mass is 19.2. The molecule has 7 heteroatoms. The molecule has 0 unspecified atom stereocenters. The van der Waals surface area contributed by atoms with E-state index < -0.39 is 23.2 Å². The normalized spacial score (nSPS) is 10.9. The van der Waals surface area contributed by atoms with Gasteiger partial charge in [0.2, 0.25) is 5.82 Å². The van der Waals surface area contributed by atoms with Gasteiger partial charge in [0.05, 0.1) is 30.0 Å². The van der Waals surface area contributed by atoms with Crippen molar-refractivity contribution < 1.29 is 17.9 Å². The summed E-state index contributed by atoms with van der Waals surface area (Å²) < 4.78 is 46.6. The van der Waals surface area contributed by atoms with Gasteiger partial charge < -0.3 is 9.64 Å². The van der Waals surface area contributed by atoms with E-state index in [9.17, 15) is 13.2 Å². The zero-order valence-electron chi connectivity index (χ0n) is 13.1. The Kier molecular flexibility index (Phi) is 4.24. The molecule has 4 nitrogen and oxygen atoms in total. The number of para-hydroxylation sites is 2. The molecule has 0 aliphatic rings. The molecule has 0 amide bonds. The van der Waals surface area contributed by atoms with Crippen LogP contribution in [0.2, 0.25) is 0 Å². The van der Waals surface area contributed by atoms with Crippen LogP contribution in [0.1, 0.15) is 6.92 Å². The second kappa shape index (κ2) is 6.35. The molecule has 124 valence electrons. The molecule has 1 aromatic heterocycles. The van der Waals surface area contributed by atoms with Crippen LogP contribution in [0.15, 0.2) is 36.5 Å². The van der Waals surface area contributed by atoms with E-state index in [1.54, 1.807) is 25.1 Å². The molecule has 2 aromatic carbocycles. The Morgan fingerprint density at radius 3 is 2.46 bits per heavy atom. The van der Waals surface area contributed by atoms with Crippen LogP contribution in [0.4, 0.5) is 24.7 Å². The molecule has 0 N–H and O–H groups in total. The van der Waals surface area contributed by atoms with Gasteiger partial charge in [-0.25, -0.2) is 13.8 Å². The molecular weight excluding hydrogens is 319 g/mol. The number of aromatic nitrogens is 2. The van der Waals surface area contributed by atoms with E-state index >= 15 is 0 Å². The van der Waals surface area contributed by atoms with Crippen molar-refractivity contribution in [1.29, 1.82) is 0 Å². The van der Waals surface area contributed by atoms with Gasteiger partial charge in [0.1, 0.15) is 0 Å². The van der Waals surface area contributed by atoms with Crippen LogP contribution in [0.25, 0.3) is 11.0 Å². The summed E-state index contributed by atoms with van der Waals surface area (Å²) in [7, 11) is 1.08. The van der Waals surface area contributed by atoms with Gasteiger partial charge in [-0.15, -0.1) is 0 Å². The number of hydrogen-bond donors (Lipinski definition) is 0. The second-order valence-electron chi connectivity index (χ2n) is 5.00. The molecule has 0 spiro atoms. The van der Waals surface area contributed by atoms with Gasteiger partial charge in [0.15, 0.2) is 23.2 Å². The molecule has 0 radical (unpaired) electrons. The molecule has 3 rings (SSSR count). The van der Waals surface area contributed by atoms with E-state index in [2.05, 4.69) is 14.7 Å². The first-order chi connectivity index (χ1) is 11.6. The molecule has 0 fully saturated rings. The van der Waals surface area contributed by atoms with E-state index in [4.69, 9.17) is 0 Å². The van der Waals surface area contributed by atoms with Gasteiger partial charge in [0.25, 0.3) is 0 Å². The average Bonchev–Trinajstić information content (AvgIpc) is 2.60. The summed E-state index contributed by atoms with van der Waals surface area (Å²) in [5, 5.41) is 0. The highest BCUT2D eigenvalue weighted by molar-refractivity contribution is 5.76. The first-order valence-electron chi connectivity index (χ1n) is 7.27. The zero-order chi connectivity index (χ0) is 17.3. The number of halogens is 3. The van der Waals surface area contributed by atoms with Crippen LogP contribution in [0.5, 0.6) is 5.75 Å². The predicted octanol–water partition coefficient (Wildman–Crippen LogP) is 4.21. The van der Waals surface area contributed by atoms with E-state index in [-0.39, 0.29) is 12.2 Å². The van der Waals surface area contributed by atoms with E-state index in [0.29, 0.717) is 16.9 Å². The Hall–Kier alpha value is -2.83. The van der Waals surface area contributed by atoms with Crippen molar-refractivity contribution in [2.75, 3.05) is 18.6 Å². The van der Waals surface area contributed by atoms with Crippen molar-refractivity contribution in [1.82, 2.24) is 9.97 Å². The van der Waals surface area contributed by atoms with Crippen molar-refractivity contribution in [3.63, 3.8) is 0 Å². The molecule has 3 aromatic rings. The number of nitrogens with zero attached hydrogens (tertiary/aromatic N) is 3. The Morgan fingerprint density at radius 2 is 1.79 bits per heavy atom. The first kappa shape index (κ1) is 16.0. The smallest absolute Gasteiger partial charge is 0.203 e. The second-order valence-corrected chi connectivity index (χ2v) is 5.00. The van der Waals surface area contributed by atoms with E-state index in [1.165, 1.54) is 11.1 Å². The van der Waals surface area contributed by atoms with Gasteiger partial charge in [-0.3, -0.25) is 4.98 Å². The third kappa shape index (κ3) is 2.62. The highest BCUT2D eigenvalue weighted by Crippen LogP contribution is 2.35. The van der Waals surface area contributed by atoms with E-state index in [1.807, 2.05) is 6.07 Å². The van der Waals surface area contributed by atoms with Crippen LogP contribution < -0.4 is 9.64 Å². The molecule has 0 atom stereocenters. The van der Waals surface area contributed by atoms with Crippen molar-refractivity contribution in [3.8, 4) is 5.75 Å². The third-order valence-corrected chi connectivity index (χ3v) is 3.62. The fraction of sp³-hybridized carbons (Fsp3) is 0.176. The number of ether oxygens (including phenoxy) is 1. The molecular formula is C17H14F3N3O. The van der Waals surface area contributed by atoms with Gasteiger partial charge >= 0.3 is 0 Å². The lowest BCUT2D eigenvalue weighted by Gasteiger charge is -2.23. The summed E-state index contributed by atoms with van der Waals surface area (Å²) in [5.74, 6) is -4.00. The van der Waals surface area contributed by atoms with Crippen LogP contribution in [-0.2, 0) is 0 Å². The van der Waals surface area contributed by atoms with E-state index in [0.717, 1.165) is 13.2 Å². The molecule has 0 bridgehead atoms. The minimum absolute atomic E-state index is 0.169. The van der Waals surface area contributed by atoms with Crippen molar-refractivity contribution in [2.45, 2.75) is 6.92 Å². The summed E-state index contributed by atoms with van der Waals surface area (Å²) in [4.78, 5) is 10.1. The monoisotopic (exact) mass is 333 g/mol. The summed E-state index contributed by atoms with van der Waals surface area (Å²) in [5.41, 5.74) is 1.13. The fourth-order valence-corrected chi connectivity index (χ4v) is 2.48. The van der Waals surface area contributed by atoms with Crippen LogP contribution in [-0.4, -0.2) is 23.6 Å². The van der Waals surface area contributed by atoms with Crippen molar-refractivity contribution in [3.05, 3.63) is 54.0 Å². The van der Waals surface area contributed by atoms with Crippen LogP contribution >= 0.6 is 0 Å². The van der Waals surface area contributed by atoms with Gasteiger partial charge in [-0.2, -0.15) is 4.39 Å². The Bertz CT molecular complexity index is 902. The van der Waals surface area contributed by atoms with Crippen molar-refractivity contribution >= 4 is 22.5 Å². The van der Waals surface area contributed by atoms with Gasteiger partial charge in [-0.1, -0.05) is 12.1 Å². The quantitative estimate of drug-likeness (QED) is 0.670. The summed E-state index contributed by atoms with van der Waals surface area (Å²) in [6.07, 6.45) is 1.46. The predicted molar refractivity (Wildman–Crippen MR) is 85.1 cm³/mol. The largest absolute Gasteiger partial charge is 0.491 e. The fourth-order valence-electron chi connectivity index (χ4n) is 2.48. The molecule has 0 aliphatic carbocycles. The zero-order valence-corrected chi connectivity index (χ0v) is 13.1. The van der Waals surface area contributed by atoms with Crippen LogP contribution in [0, 0.1) is 17.5 Å². The number of fused-ring (bicyclic) bond motifs is 1. The Morgan fingerprint density at radius 1 is 1.08 bits per heavy atom. The number of anilines is 2.